The third-order valence-electron chi connectivity index (χ3n) is 7.45. The van der Waals surface area contributed by atoms with Crippen LogP contribution in [0, 0.1) is 0 Å². The van der Waals surface area contributed by atoms with Gasteiger partial charge in [-0.05, 0) is 50.5 Å². The number of benzene rings is 1. The predicted molar refractivity (Wildman–Crippen MR) is 147 cm³/mol. The Morgan fingerprint density at radius 2 is 1.77 bits per heavy atom. The number of likely N-dealkylation sites (tertiary alicyclic amines) is 1. The van der Waals surface area contributed by atoms with Crippen LogP contribution in [0.2, 0.25) is 0 Å². The quantitative estimate of drug-likeness (QED) is 0.273. The SMILES string of the molecule is CCCCOC(=O)CN1CCC2(CC1)C(=O)N[C@@H](CCCCNC(=O)OCc1ccccc1)C(=O)N2CCC. The lowest BCUT2D eigenvalue weighted by molar-refractivity contribution is -0.162. The van der Waals surface area contributed by atoms with Crippen LogP contribution in [0.5, 0.6) is 0 Å². The number of nitrogens with one attached hydrogen (secondary N) is 2. The van der Waals surface area contributed by atoms with E-state index in [-0.39, 0.29) is 30.9 Å². The molecule has 39 heavy (non-hydrogen) atoms. The fourth-order valence-corrected chi connectivity index (χ4v) is 5.19. The van der Waals surface area contributed by atoms with E-state index in [4.69, 9.17) is 9.47 Å². The molecule has 10 heteroatoms. The standard InChI is InChI=1S/C29H44N4O6/c1-3-5-20-38-25(34)21-32-18-14-29(15-19-32)27(36)31-24(26(35)33(29)17-4-2)13-9-10-16-30-28(37)39-22-23-11-7-6-8-12-23/h6-8,11-12,24H,3-5,9-10,13-22H2,1-2H3,(H,30,37)(H,31,36)/t24-/m0/s1. The molecule has 1 aromatic carbocycles. The molecule has 3 amide bonds. The molecular formula is C29H44N4O6. The fraction of sp³-hybridized carbons (Fsp3) is 0.655. The van der Waals surface area contributed by atoms with Crippen LogP contribution in [-0.4, -0.2) is 84.6 Å². The van der Waals surface area contributed by atoms with Crippen LogP contribution in [0.15, 0.2) is 30.3 Å². The Kier molecular flexibility index (Phi) is 12.0. The van der Waals surface area contributed by atoms with Crippen molar-refractivity contribution in [3.05, 3.63) is 35.9 Å². The molecule has 3 rings (SSSR count). The Balaban J connectivity index is 1.42. The maximum Gasteiger partial charge on any atom is 0.407 e. The van der Waals surface area contributed by atoms with Crippen molar-refractivity contribution in [1.29, 1.82) is 0 Å². The van der Waals surface area contributed by atoms with Crippen LogP contribution in [0.4, 0.5) is 4.79 Å². The highest BCUT2D eigenvalue weighted by atomic mass is 16.5. The van der Waals surface area contributed by atoms with Gasteiger partial charge in [-0.15, -0.1) is 0 Å². The van der Waals surface area contributed by atoms with Crippen molar-refractivity contribution in [2.24, 2.45) is 0 Å². The van der Waals surface area contributed by atoms with E-state index >= 15 is 0 Å². The van der Waals surface area contributed by atoms with Crippen LogP contribution in [0.1, 0.15) is 70.8 Å². The molecule has 1 spiro atoms. The average Bonchev–Trinajstić information content (AvgIpc) is 2.94. The van der Waals surface area contributed by atoms with Crippen molar-refractivity contribution < 1.29 is 28.7 Å². The molecule has 2 saturated heterocycles. The molecule has 1 aromatic rings. The zero-order valence-electron chi connectivity index (χ0n) is 23.4. The lowest BCUT2D eigenvalue weighted by Gasteiger charge is -2.51. The Labute approximate surface area is 231 Å². The number of hydrogen-bond acceptors (Lipinski definition) is 7. The van der Waals surface area contributed by atoms with Crippen molar-refractivity contribution in [2.45, 2.75) is 83.4 Å². The van der Waals surface area contributed by atoms with E-state index in [1.807, 2.05) is 49.1 Å². The molecule has 2 heterocycles. The van der Waals surface area contributed by atoms with Crippen molar-refractivity contribution in [3.8, 4) is 0 Å². The van der Waals surface area contributed by atoms with Gasteiger partial charge in [0.05, 0.1) is 13.2 Å². The van der Waals surface area contributed by atoms with Crippen LogP contribution in [0.3, 0.4) is 0 Å². The monoisotopic (exact) mass is 544 g/mol. The molecule has 2 aliphatic rings. The number of rotatable bonds is 14. The largest absolute Gasteiger partial charge is 0.465 e. The second-order valence-electron chi connectivity index (χ2n) is 10.4. The number of amides is 3. The number of piperazine rings is 1. The first-order chi connectivity index (χ1) is 18.9. The first kappa shape index (κ1) is 30.4. The highest BCUT2D eigenvalue weighted by Crippen LogP contribution is 2.33. The number of unbranched alkanes of at least 4 members (excludes halogenated alkanes) is 2. The van der Waals surface area contributed by atoms with E-state index in [0.717, 1.165) is 24.8 Å². The first-order valence-electron chi connectivity index (χ1n) is 14.3. The average molecular weight is 545 g/mol. The maximum absolute atomic E-state index is 13.5. The molecule has 0 radical (unpaired) electrons. The van der Waals surface area contributed by atoms with Crippen molar-refractivity contribution in [2.75, 3.05) is 39.3 Å². The molecule has 216 valence electrons. The number of piperidine rings is 1. The summed E-state index contributed by atoms with van der Waals surface area (Å²) in [5.41, 5.74) is 0.0557. The van der Waals surface area contributed by atoms with Gasteiger partial charge in [0.25, 0.3) is 0 Å². The van der Waals surface area contributed by atoms with Crippen molar-refractivity contribution in [3.63, 3.8) is 0 Å². The number of esters is 1. The molecule has 2 aliphatic heterocycles. The van der Waals surface area contributed by atoms with Crippen LogP contribution in [-0.2, 0) is 30.5 Å². The highest BCUT2D eigenvalue weighted by Gasteiger charge is 2.53. The summed E-state index contributed by atoms with van der Waals surface area (Å²) in [7, 11) is 0. The second kappa shape index (κ2) is 15.5. The molecule has 10 nitrogen and oxygen atoms in total. The molecule has 0 saturated carbocycles. The predicted octanol–water partition coefficient (Wildman–Crippen LogP) is 3.00. The van der Waals surface area contributed by atoms with Crippen LogP contribution >= 0.6 is 0 Å². The van der Waals surface area contributed by atoms with E-state index in [9.17, 15) is 19.2 Å². The van der Waals surface area contributed by atoms with Gasteiger partial charge < -0.3 is 25.0 Å². The van der Waals surface area contributed by atoms with Crippen LogP contribution < -0.4 is 10.6 Å². The smallest absolute Gasteiger partial charge is 0.407 e. The molecular weight excluding hydrogens is 500 g/mol. The third-order valence-corrected chi connectivity index (χ3v) is 7.45. The Morgan fingerprint density at radius 3 is 2.46 bits per heavy atom. The molecule has 2 N–H and O–H groups in total. The first-order valence-corrected chi connectivity index (χ1v) is 14.3. The minimum absolute atomic E-state index is 0.0425. The molecule has 0 aromatic heterocycles. The maximum atomic E-state index is 13.5. The summed E-state index contributed by atoms with van der Waals surface area (Å²) in [6.07, 6.45) is 4.95. The minimum Gasteiger partial charge on any atom is -0.465 e. The van der Waals surface area contributed by atoms with E-state index < -0.39 is 17.7 Å². The number of alkyl carbamates (subject to hydrolysis) is 1. The normalized spacial score (nSPS) is 19.0. The van der Waals surface area contributed by atoms with Gasteiger partial charge in [-0.3, -0.25) is 19.3 Å². The zero-order valence-corrected chi connectivity index (χ0v) is 23.4. The zero-order chi connectivity index (χ0) is 28.1. The number of carbonyl (C=O) groups excluding carboxylic acids is 4. The Bertz CT molecular complexity index is 948. The summed E-state index contributed by atoms with van der Waals surface area (Å²) in [5, 5.41) is 5.73. The summed E-state index contributed by atoms with van der Waals surface area (Å²) in [6.45, 7) is 6.98. The summed E-state index contributed by atoms with van der Waals surface area (Å²) >= 11 is 0. The van der Waals surface area contributed by atoms with E-state index in [1.54, 1.807) is 4.90 Å². The van der Waals surface area contributed by atoms with Gasteiger partial charge in [0.1, 0.15) is 18.2 Å². The van der Waals surface area contributed by atoms with Gasteiger partial charge in [0.15, 0.2) is 0 Å². The van der Waals surface area contributed by atoms with Gasteiger partial charge in [-0.25, -0.2) is 4.79 Å². The molecule has 0 bridgehead atoms. The van der Waals surface area contributed by atoms with E-state index in [0.29, 0.717) is 64.9 Å². The third kappa shape index (κ3) is 8.68. The molecule has 2 fully saturated rings. The van der Waals surface area contributed by atoms with Gasteiger partial charge in [0.2, 0.25) is 11.8 Å². The van der Waals surface area contributed by atoms with Gasteiger partial charge >= 0.3 is 12.1 Å². The lowest BCUT2D eigenvalue weighted by Crippen LogP contribution is -2.73. The molecule has 0 unspecified atom stereocenters. The molecule has 1 atom stereocenters. The number of nitrogens with zero attached hydrogens (tertiary/aromatic N) is 2. The Hall–Kier alpha value is -3.14. The number of carbonyl (C=O) groups is 4. The minimum atomic E-state index is -0.865. The van der Waals surface area contributed by atoms with Crippen molar-refractivity contribution >= 4 is 23.9 Å². The molecule has 0 aliphatic carbocycles. The number of hydrogen-bond donors (Lipinski definition) is 2. The number of ether oxygens (including phenoxy) is 2. The summed E-state index contributed by atoms with van der Waals surface area (Å²) in [6, 6.07) is 8.91. The van der Waals surface area contributed by atoms with Gasteiger partial charge in [-0.1, -0.05) is 50.6 Å². The van der Waals surface area contributed by atoms with Crippen LogP contribution in [0.25, 0.3) is 0 Å². The van der Waals surface area contributed by atoms with Gasteiger partial charge in [0, 0.05) is 26.2 Å². The second-order valence-corrected chi connectivity index (χ2v) is 10.4. The van der Waals surface area contributed by atoms with E-state index in [1.165, 1.54) is 0 Å². The lowest BCUT2D eigenvalue weighted by atomic mass is 9.81. The highest BCUT2D eigenvalue weighted by molar-refractivity contribution is 6.00. The fourth-order valence-electron chi connectivity index (χ4n) is 5.19. The summed E-state index contributed by atoms with van der Waals surface area (Å²) in [4.78, 5) is 54.7. The Morgan fingerprint density at radius 1 is 1.03 bits per heavy atom. The topological polar surface area (TPSA) is 117 Å². The summed E-state index contributed by atoms with van der Waals surface area (Å²) in [5.74, 6) is -0.388. The summed E-state index contributed by atoms with van der Waals surface area (Å²) < 4.78 is 10.5. The van der Waals surface area contributed by atoms with Gasteiger partial charge in [-0.2, -0.15) is 0 Å². The van der Waals surface area contributed by atoms with E-state index in [2.05, 4.69) is 10.6 Å². The van der Waals surface area contributed by atoms with Crippen molar-refractivity contribution in [1.82, 2.24) is 20.4 Å².